The van der Waals surface area contributed by atoms with Crippen LogP contribution in [0.1, 0.15) is 12.5 Å². The highest BCUT2D eigenvalue weighted by molar-refractivity contribution is 5.26. The van der Waals surface area contributed by atoms with E-state index < -0.39 is 0 Å². The molecule has 0 saturated carbocycles. The Kier molecular flexibility index (Phi) is 4.59. The van der Waals surface area contributed by atoms with Crippen molar-refractivity contribution in [2.75, 3.05) is 20.7 Å². The minimum Gasteiger partial charge on any atom is -0.497 e. The minimum absolute atomic E-state index is 0.216. The van der Waals surface area contributed by atoms with Crippen LogP contribution in [0.2, 0.25) is 0 Å². The zero-order valence-corrected chi connectivity index (χ0v) is 9.73. The predicted molar refractivity (Wildman–Crippen MR) is 63.0 cm³/mol. The van der Waals surface area contributed by atoms with E-state index in [1.807, 2.05) is 19.1 Å². The Hall–Kier alpha value is -1.06. The molecule has 3 heteroatoms. The lowest BCUT2D eigenvalue weighted by molar-refractivity contribution is 0.310. The van der Waals surface area contributed by atoms with E-state index in [0.29, 0.717) is 0 Å². The number of ether oxygens (including phenoxy) is 1. The lowest BCUT2D eigenvalue weighted by Crippen LogP contribution is -2.32. The molecule has 0 aliphatic carbocycles. The number of hydrogen-bond donors (Lipinski definition) is 1. The third-order valence-corrected chi connectivity index (χ3v) is 2.21. The third-order valence-electron chi connectivity index (χ3n) is 2.21. The standard InChI is InChI=1S/C12H20N2O/c1-10(13)8-14(2)9-11-4-6-12(15-3)7-5-11/h4-7,10H,8-9,13H2,1-3H3. The van der Waals surface area contributed by atoms with Gasteiger partial charge in [-0.1, -0.05) is 12.1 Å². The summed E-state index contributed by atoms with van der Waals surface area (Å²) in [6.45, 7) is 3.85. The summed E-state index contributed by atoms with van der Waals surface area (Å²) in [4.78, 5) is 2.21. The Morgan fingerprint density at radius 2 is 1.93 bits per heavy atom. The van der Waals surface area contributed by atoms with Crippen molar-refractivity contribution in [2.45, 2.75) is 19.5 Å². The van der Waals surface area contributed by atoms with Gasteiger partial charge in [0.2, 0.25) is 0 Å². The average Bonchev–Trinajstić information content (AvgIpc) is 2.17. The van der Waals surface area contributed by atoms with E-state index >= 15 is 0 Å². The first-order chi connectivity index (χ1) is 7.11. The van der Waals surface area contributed by atoms with Crippen LogP contribution in [0.25, 0.3) is 0 Å². The highest BCUT2D eigenvalue weighted by Crippen LogP contribution is 2.12. The maximum absolute atomic E-state index is 5.73. The molecule has 0 amide bonds. The molecule has 1 aromatic rings. The number of hydrogen-bond acceptors (Lipinski definition) is 3. The van der Waals surface area contributed by atoms with E-state index in [1.54, 1.807) is 7.11 Å². The Morgan fingerprint density at radius 1 is 1.33 bits per heavy atom. The topological polar surface area (TPSA) is 38.5 Å². The van der Waals surface area contributed by atoms with Gasteiger partial charge in [-0.05, 0) is 31.7 Å². The second kappa shape index (κ2) is 5.73. The Bertz CT molecular complexity index is 282. The molecule has 0 aromatic heterocycles. The van der Waals surface area contributed by atoms with Crippen LogP contribution in [-0.2, 0) is 6.54 Å². The molecule has 0 aliphatic heterocycles. The molecule has 0 spiro atoms. The van der Waals surface area contributed by atoms with Gasteiger partial charge in [0.05, 0.1) is 7.11 Å². The highest BCUT2D eigenvalue weighted by Gasteiger charge is 2.02. The second-order valence-corrected chi connectivity index (χ2v) is 4.02. The number of benzene rings is 1. The van der Waals surface area contributed by atoms with Crippen molar-refractivity contribution in [3.05, 3.63) is 29.8 Å². The van der Waals surface area contributed by atoms with Crippen LogP contribution < -0.4 is 10.5 Å². The molecule has 1 atom stereocenters. The Morgan fingerprint density at radius 3 is 2.40 bits per heavy atom. The fourth-order valence-corrected chi connectivity index (χ4v) is 1.60. The first-order valence-corrected chi connectivity index (χ1v) is 5.19. The molecule has 0 radical (unpaired) electrons. The summed E-state index contributed by atoms with van der Waals surface area (Å²) in [6, 6.07) is 8.34. The number of nitrogens with zero attached hydrogens (tertiary/aromatic N) is 1. The van der Waals surface area contributed by atoms with Gasteiger partial charge in [0, 0.05) is 19.1 Å². The van der Waals surface area contributed by atoms with Crippen molar-refractivity contribution in [3.63, 3.8) is 0 Å². The third kappa shape index (κ3) is 4.32. The first kappa shape index (κ1) is 12.0. The van der Waals surface area contributed by atoms with Gasteiger partial charge < -0.3 is 15.4 Å². The summed E-state index contributed by atoms with van der Waals surface area (Å²) in [7, 11) is 3.75. The lowest BCUT2D eigenvalue weighted by atomic mass is 10.2. The van der Waals surface area contributed by atoms with Crippen LogP contribution in [-0.4, -0.2) is 31.6 Å². The number of nitrogens with two attached hydrogens (primary N) is 1. The normalized spacial score (nSPS) is 12.9. The molecule has 0 heterocycles. The molecular formula is C12H20N2O. The number of rotatable bonds is 5. The zero-order valence-electron chi connectivity index (χ0n) is 9.73. The van der Waals surface area contributed by atoms with Crippen molar-refractivity contribution in [2.24, 2.45) is 5.73 Å². The molecule has 1 aromatic carbocycles. The fraction of sp³-hybridized carbons (Fsp3) is 0.500. The molecule has 0 saturated heterocycles. The molecule has 0 aliphatic rings. The monoisotopic (exact) mass is 208 g/mol. The van der Waals surface area contributed by atoms with Crippen LogP contribution in [0.15, 0.2) is 24.3 Å². The quantitative estimate of drug-likeness (QED) is 0.796. The van der Waals surface area contributed by atoms with Gasteiger partial charge in [-0.3, -0.25) is 0 Å². The van der Waals surface area contributed by atoms with Crippen LogP contribution in [0.4, 0.5) is 0 Å². The molecule has 84 valence electrons. The summed E-state index contributed by atoms with van der Waals surface area (Å²) >= 11 is 0. The first-order valence-electron chi connectivity index (χ1n) is 5.19. The molecule has 1 unspecified atom stereocenters. The second-order valence-electron chi connectivity index (χ2n) is 4.02. The molecule has 0 bridgehead atoms. The van der Waals surface area contributed by atoms with E-state index in [-0.39, 0.29) is 6.04 Å². The zero-order chi connectivity index (χ0) is 11.3. The summed E-state index contributed by atoms with van der Waals surface area (Å²) in [6.07, 6.45) is 0. The molecule has 1 rings (SSSR count). The van der Waals surface area contributed by atoms with Crippen LogP contribution >= 0.6 is 0 Å². The summed E-state index contributed by atoms with van der Waals surface area (Å²) in [5.74, 6) is 0.897. The molecule has 3 nitrogen and oxygen atoms in total. The van der Waals surface area contributed by atoms with Gasteiger partial charge in [0.25, 0.3) is 0 Å². The lowest BCUT2D eigenvalue weighted by Gasteiger charge is -2.18. The summed E-state index contributed by atoms with van der Waals surface area (Å²) < 4.78 is 5.11. The predicted octanol–water partition coefficient (Wildman–Crippen LogP) is 1.47. The van der Waals surface area contributed by atoms with Crippen molar-refractivity contribution < 1.29 is 4.74 Å². The molecule has 0 fully saturated rings. The van der Waals surface area contributed by atoms with Crippen molar-refractivity contribution in [1.82, 2.24) is 4.90 Å². The van der Waals surface area contributed by atoms with Crippen molar-refractivity contribution >= 4 is 0 Å². The van der Waals surface area contributed by atoms with E-state index in [0.717, 1.165) is 18.8 Å². The van der Waals surface area contributed by atoms with Crippen LogP contribution in [0, 0.1) is 0 Å². The minimum atomic E-state index is 0.216. The largest absolute Gasteiger partial charge is 0.497 e. The number of likely N-dealkylation sites (N-methyl/N-ethyl adjacent to an activating group) is 1. The van der Waals surface area contributed by atoms with Crippen LogP contribution in [0.3, 0.4) is 0 Å². The highest BCUT2D eigenvalue weighted by atomic mass is 16.5. The van der Waals surface area contributed by atoms with E-state index in [2.05, 4.69) is 24.1 Å². The van der Waals surface area contributed by atoms with Gasteiger partial charge in [0.15, 0.2) is 0 Å². The smallest absolute Gasteiger partial charge is 0.118 e. The number of methoxy groups -OCH3 is 1. The van der Waals surface area contributed by atoms with Crippen molar-refractivity contribution in [1.29, 1.82) is 0 Å². The summed E-state index contributed by atoms with van der Waals surface area (Å²) in [5, 5.41) is 0. The van der Waals surface area contributed by atoms with Gasteiger partial charge in [-0.2, -0.15) is 0 Å². The van der Waals surface area contributed by atoms with E-state index in [4.69, 9.17) is 10.5 Å². The summed E-state index contributed by atoms with van der Waals surface area (Å²) in [5.41, 5.74) is 7.01. The van der Waals surface area contributed by atoms with E-state index in [9.17, 15) is 0 Å². The van der Waals surface area contributed by atoms with Gasteiger partial charge >= 0.3 is 0 Å². The maximum atomic E-state index is 5.73. The Labute approximate surface area is 91.8 Å². The van der Waals surface area contributed by atoms with Gasteiger partial charge in [-0.15, -0.1) is 0 Å². The van der Waals surface area contributed by atoms with Crippen molar-refractivity contribution in [3.8, 4) is 5.75 Å². The fourth-order valence-electron chi connectivity index (χ4n) is 1.60. The Balaban J connectivity index is 2.49. The van der Waals surface area contributed by atoms with Gasteiger partial charge in [-0.25, -0.2) is 0 Å². The van der Waals surface area contributed by atoms with E-state index in [1.165, 1.54) is 5.56 Å². The van der Waals surface area contributed by atoms with Gasteiger partial charge in [0.1, 0.15) is 5.75 Å². The average molecular weight is 208 g/mol. The van der Waals surface area contributed by atoms with Crippen LogP contribution in [0.5, 0.6) is 5.75 Å². The molecule has 2 N–H and O–H groups in total. The molecule has 15 heavy (non-hydrogen) atoms. The SMILES string of the molecule is COc1ccc(CN(C)CC(C)N)cc1. The maximum Gasteiger partial charge on any atom is 0.118 e. The molecular weight excluding hydrogens is 188 g/mol.